The topological polar surface area (TPSA) is 54.1 Å². The number of hydrogen-bond acceptors (Lipinski definition) is 2. The highest BCUT2D eigenvalue weighted by molar-refractivity contribution is 5.88. The average molecular weight is 489 g/mol. The number of benzene rings is 4. The lowest BCUT2D eigenvalue weighted by molar-refractivity contribution is -0.121. The van der Waals surface area contributed by atoms with Crippen LogP contribution in [0.25, 0.3) is 10.9 Å². The van der Waals surface area contributed by atoms with Gasteiger partial charge >= 0.3 is 0 Å². The molecule has 1 atom stereocenters. The first-order chi connectivity index (χ1) is 18.2. The molecule has 0 bridgehead atoms. The summed E-state index contributed by atoms with van der Waals surface area (Å²) in [5, 5.41) is 4.28. The second kappa shape index (κ2) is 11.6. The number of hydrogen-bond donors (Lipinski definition) is 2. The van der Waals surface area contributed by atoms with E-state index in [0.29, 0.717) is 19.6 Å². The zero-order chi connectivity index (χ0) is 25.5. The summed E-state index contributed by atoms with van der Waals surface area (Å²) in [6.45, 7) is 3.21. The molecule has 4 heteroatoms. The summed E-state index contributed by atoms with van der Waals surface area (Å²) in [5.41, 5.74) is 6.87. The maximum atomic E-state index is 13.1. The fourth-order valence-corrected chi connectivity index (χ4v) is 4.82. The molecule has 37 heavy (non-hydrogen) atoms. The summed E-state index contributed by atoms with van der Waals surface area (Å²) in [7, 11) is 0. The van der Waals surface area contributed by atoms with Crippen molar-refractivity contribution in [1.82, 2.24) is 10.3 Å². The van der Waals surface area contributed by atoms with E-state index in [-0.39, 0.29) is 11.8 Å². The number of para-hydroxylation sites is 1. The molecule has 5 aromatic rings. The lowest BCUT2D eigenvalue weighted by Gasteiger charge is -2.18. The van der Waals surface area contributed by atoms with Crippen molar-refractivity contribution >= 4 is 16.8 Å². The Kier molecular flexibility index (Phi) is 7.66. The normalized spacial score (nSPS) is 11.8. The molecule has 5 rings (SSSR count). The minimum atomic E-state index is -0.0835. The summed E-state index contributed by atoms with van der Waals surface area (Å²) < 4.78 is 6.00. The first-order valence-electron chi connectivity index (χ1n) is 12.9. The van der Waals surface area contributed by atoms with Crippen LogP contribution in [0.2, 0.25) is 0 Å². The molecule has 0 unspecified atom stereocenters. The van der Waals surface area contributed by atoms with E-state index in [9.17, 15) is 4.79 Å². The minimum Gasteiger partial charge on any atom is -0.489 e. The van der Waals surface area contributed by atoms with E-state index < -0.39 is 0 Å². The van der Waals surface area contributed by atoms with Crippen LogP contribution in [0.3, 0.4) is 0 Å². The highest BCUT2D eigenvalue weighted by atomic mass is 16.5. The fourth-order valence-electron chi connectivity index (χ4n) is 4.82. The average Bonchev–Trinajstić information content (AvgIpc) is 3.39. The summed E-state index contributed by atoms with van der Waals surface area (Å²) in [6, 6.07) is 34.7. The van der Waals surface area contributed by atoms with Crippen molar-refractivity contribution in [2.75, 3.05) is 0 Å². The van der Waals surface area contributed by atoms with Crippen molar-refractivity contribution < 1.29 is 9.53 Å². The standard InChI is InChI=1S/C33H32N2O2/c1-2-26-14-9-15-29-31(22-35-33(26)29)30(20-32(36)34-21-24-10-5-3-6-11-24)27-16-18-28(19-17-27)37-23-25-12-7-4-8-13-25/h3-19,22,30,35H,2,20-21,23H2,1H3,(H,34,36)/t30-/m0/s1. The van der Waals surface area contributed by atoms with Crippen molar-refractivity contribution in [2.45, 2.75) is 38.8 Å². The number of H-pyrrole nitrogens is 1. The Labute approximate surface area is 218 Å². The lowest BCUT2D eigenvalue weighted by Crippen LogP contribution is -2.25. The Morgan fingerprint density at radius 1 is 0.838 bits per heavy atom. The predicted octanol–water partition coefficient (Wildman–Crippen LogP) is 7.15. The van der Waals surface area contributed by atoms with Gasteiger partial charge < -0.3 is 15.0 Å². The molecule has 186 valence electrons. The first-order valence-corrected chi connectivity index (χ1v) is 12.9. The van der Waals surface area contributed by atoms with E-state index >= 15 is 0 Å². The molecule has 1 aromatic heterocycles. The summed E-state index contributed by atoms with van der Waals surface area (Å²) in [4.78, 5) is 16.6. The number of aromatic amines is 1. The van der Waals surface area contributed by atoms with Gasteiger partial charge in [-0.1, -0.05) is 97.9 Å². The van der Waals surface area contributed by atoms with Gasteiger partial charge in [-0.15, -0.1) is 0 Å². The molecule has 0 aliphatic heterocycles. The van der Waals surface area contributed by atoms with E-state index in [1.165, 1.54) is 10.9 Å². The maximum Gasteiger partial charge on any atom is 0.221 e. The van der Waals surface area contributed by atoms with Crippen LogP contribution in [0, 0.1) is 0 Å². The van der Waals surface area contributed by atoms with Gasteiger partial charge in [0, 0.05) is 36.0 Å². The number of aromatic nitrogens is 1. The monoisotopic (exact) mass is 488 g/mol. The molecular weight excluding hydrogens is 456 g/mol. The van der Waals surface area contributed by atoms with Crippen LogP contribution >= 0.6 is 0 Å². The SMILES string of the molecule is CCc1cccc2c([C@@H](CC(=O)NCc3ccccc3)c3ccc(OCc4ccccc4)cc3)c[nH]c12. The van der Waals surface area contributed by atoms with Crippen LogP contribution in [-0.2, 0) is 24.4 Å². The predicted molar refractivity (Wildman–Crippen MR) is 150 cm³/mol. The van der Waals surface area contributed by atoms with E-state index in [2.05, 4.69) is 65.9 Å². The maximum absolute atomic E-state index is 13.1. The summed E-state index contributed by atoms with van der Waals surface area (Å²) in [6.07, 6.45) is 3.38. The third kappa shape index (κ3) is 5.92. The smallest absolute Gasteiger partial charge is 0.221 e. The minimum absolute atomic E-state index is 0.0271. The number of aryl methyl sites for hydroxylation is 1. The number of fused-ring (bicyclic) bond motifs is 1. The van der Waals surface area contributed by atoms with Gasteiger partial charge in [-0.3, -0.25) is 4.79 Å². The van der Waals surface area contributed by atoms with Crippen molar-refractivity contribution in [3.63, 3.8) is 0 Å². The van der Waals surface area contributed by atoms with Crippen molar-refractivity contribution in [3.8, 4) is 5.75 Å². The van der Waals surface area contributed by atoms with Gasteiger partial charge in [-0.2, -0.15) is 0 Å². The number of amides is 1. The quantitative estimate of drug-likeness (QED) is 0.219. The molecule has 0 spiro atoms. The largest absolute Gasteiger partial charge is 0.489 e. The molecule has 1 heterocycles. The molecule has 0 aliphatic carbocycles. The lowest BCUT2D eigenvalue weighted by atomic mass is 9.87. The zero-order valence-electron chi connectivity index (χ0n) is 21.1. The van der Waals surface area contributed by atoms with Gasteiger partial charge in [-0.25, -0.2) is 0 Å². The molecule has 0 radical (unpaired) electrons. The second-order valence-corrected chi connectivity index (χ2v) is 9.30. The van der Waals surface area contributed by atoms with Gasteiger partial charge in [0.1, 0.15) is 12.4 Å². The Balaban J connectivity index is 1.38. The molecule has 4 nitrogen and oxygen atoms in total. The number of nitrogens with one attached hydrogen (secondary N) is 2. The van der Waals surface area contributed by atoms with Crippen molar-refractivity contribution in [3.05, 3.63) is 137 Å². The van der Waals surface area contributed by atoms with E-state index in [1.807, 2.05) is 60.7 Å². The Morgan fingerprint density at radius 3 is 2.24 bits per heavy atom. The van der Waals surface area contributed by atoms with E-state index in [0.717, 1.165) is 39.9 Å². The molecule has 0 saturated heterocycles. The van der Waals surface area contributed by atoms with Crippen molar-refractivity contribution in [1.29, 1.82) is 0 Å². The first kappa shape index (κ1) is 24.4. The Morgan fingerprint density at radius 2 is 1.54 bits per heavy atom. The second-order valence-electron chi connectivity index (χ2n) is 9.30. The van der Waals surface area contributed by atoms with Crippen LogP contribution in [0.1, 0.15) is 47.1 Å². The fraction of sp³-hybridized carbons (Fsp3) is 0.182. The van der Waals surface area contributed by atoms with Gasteiger partial charge in [0.15, 0.2) is 0 Å². The Hall–Kier alpha value is -4.31. The van der Waals surface area contributed by atoms with Crippen molar-refractivity contribution in [2.24, 2.45) is 0 Å². The highest BCUT2D eigenvalue weighted by Gasteiger charge is 2.22. The molecule has 0 aliphatic rings. The van der Waals surface area contributed by atoms with Crippen LogP contribution in [0.15, 0.2) is 109 Å². The number of rotatable bonds is 10. The molecule has 4 aromatic carbocycles. The number of carbonyl (C=O) groups excluding carboxylic acids is 1. The molecule has 1 amide bonds. The third-order valence-electron chi connectivity index (χ3n) is 6.84. The molecular formula is C33H32N2O2. The summed E-state index contributed by atoms with van der Waals surface area (Å²) >= 11 is 0. The summed E-state index contributed by atoms with van der Waals surface area (Å²) in [5.74, 6) is 0.756. The van der Waals surface area contributed by atoms with E-state index in [1.54, 1.807) is 0 Å². The number of carbonyl (C=O) groups is 1. The van der Waals surface area contributed by atoms with Gasteiger partial charge in [-0.05, 0) is 46.4 Å². The van der Waals surface area contributed by atoms with Gasteiger partial charge in [0.05, 0.1) is 0 Å². The molecule has 2 N–H and O–H groups in total. The van der Waals surface area contributed by atoms with Gasteiger partial charge in [0.2, 0.25) is 5.91 Å². The molecule has 0 fully saturated rings. The molecule has 0 saturated carbocycles. The van der Waals surface area contributed by atoms with Crippen LogP contribution in [0.5, 0.6) is 5.75 Å². The van der Waals surface area contributed by atoms with E-state index in [4.69, 9.17) is 4.74 Å². The number of ether oxygens (including phenoxy) is 1. The Bertz CT molecular complexity index is 1440. The highest BCUT2D eigenvalue weighted by Crippen LogP contribution is 2.35. The van der Waals surface area contributed by atoms with Crippen LogP contribution in [-0.4, -0.2) is 10.9 Å². The zero-order valence-corrected chi connectivity index (χ0v) is 21.1. The van der Waals surface area contributed by atoms with Crippen LogP contribution < -0.4 is 10.1 Å². The third-order valence-corrected chi connectivity index (χ3v) is 6.84. The van der Waals surface area contributed by atoms with Gasteiger partial charge in [0.25, 0.3) is 0 Å². The van der Waals surface area contributed by atoms with Crippen LogP contribution in [0.4, 0.5) is 0 Å².